The molecule has 96 valence electrons. The number of thiazole rings is 1. The van der Waals surface area contributed by atoms with Crippen molar-refractivity contribution in [2.75, 3.05) is 0 Å². The molecule has 0 radical (unpaired) electrons. The fraction of sp³-hybridized carbons (Fsp3) is 0.308. The van der Waals surface area contributed by atoms with Crippen LogP contribution in [0.5, 0.6) is 0 Å². The van der Waals surface area contributed by atoms with Gasteiger partial charge in [-0.15, -0.1) is 11.3 Å². The molecular formula is C13H16N2O2S. The third-order valence-corrected chi connectivity index (χ3v) is 3.08. The molecule has 1 aromatic rings. The number of amides is 1. The first-order valence-electron chi connectivity index (χ1n) is 5.57. The summed E-state index contributed by atoms with van der Waals surface area (Å²) in [6.45, 7) is 4.88. The van der Waals surface area contributed by atoms with Crippen LogP contribution in [0.4, 0.5) is 0 Å². The monoisotopic (exact) mass is 264 g/mol. The maximum atomic E-state index is 10.9. The molecule has 0 aliphatic rings. The first kappa shape index (κ1) is 14.3. The molecule has 5 heteroatoms. The van der Waals surface area contributed by atoms with E-state index in [0.717, 1.165) is 10.7 Å². The van der Waals surface area contributed by atoms with Gasteiger partial charge in [-0.05, 0) is 26.0 Å². The summed E-state index contributed by atoms with van der Waals surface area (Å²) in [4.78, 5) is 26.0. The van der Waals surface area contributed by atoms with Crippen molar-refractivity contribution in [3.05, 3.63) is 34.3 Å². The van der Waals surface area contributed by atoms with Gasteiger partial charge in [0.1, 0.15) is 5.01 Å². The molecule has 0 bridgehead atoms. The molecule has 0 spiro atoms. The van der Waals surface area contributed by atoms with E-state index >= 15 is 0 Å². The number of carbonyl (C=O) groups is 2. The van der Waals surface area contributed by atoms with Gasteiger partial charge in [-0.2, -0.15) is 0 Å². The molecule has 1 N–H and O–H groups in total. The van der Waals surface area contributed by atoms with Crippen molar-refractivity contribution < 1.29 is 9.59 Å². The van der Waals surface area contributed by atoms with E-state index in [1.165, 1.54) is 31.3 Å². The van der Waals surface area contributed by atoms with Crippen LogP contribution in [-0.4, -0.2) is 16.7 Å². The largest absolute Gasteiger partial charge is 0.347 e. The Morgan fingerprint density at radius 1 is 1.39 bits per heavy atom. The maximum absolute atomic E-state index is 10.9. The Morgan fingerprint density at radius 2 is 2.11 bits per heavy atom. The van der Waals surface area contributed by atoms with Gasteiger partial charge in [-0.25, -0.2) is 4.98 Å². The van der Waals surface area contributed by atoms with E-state index in [1.807, 2.05) is 18.4 Å². The van der Waals surface area contributed by atoms with E-state index in [2.05, 4.69) is 10.3 Å². The summed E-state index contributed by atoms with van der Waals surface area (Å²) in [5, 5.41) is 5.55. The van der Waals surface area contributed by atoms with Crippen LogP contribution in [0.25, 0.3) is 6.08 Å². The third kappa shape index (κ3) is 5.05. The lowest BCUT2D eigenvalue weighted by Gasteiger charge is -2.07. The zero-order chi connectivity index (χ0) is 13.5. The molecule has 1 heterocycles. The first-order valence-corrected chi connectivity index (χ1v) is 6.45. The minimum atomic E-state index is -0.0811. The highest BCUT2D eigenvalue weighted by atomic mass is 32.1. The molecule has 18 heavy (non-hydrogen) atoms. The lowest BCUT2D eigenvalue weighted by atomic mass is 10.3. The van der Waals surface area contributed by atoms with E-state index in [9.17, 15) is 9.59 Å². The van der Waals surface area contributed by atoms with Crippen LogP contribution in [0.2, 0.25) is 0 Å². The van der Waals surface area contributed by atoms with E-state index in [0.29, 0.717) is 0 Å². The van der Waals surface area contributed by atoms with Gasteiger partial charge in [0.2, 0.25) is 5.91 Å². The zero-order valence-electron chi connectivity index (χ0n) is 10.6. The van der Waals surface area contributed by atoms with Crippen LogP contribution in [-0.2, 0) is 9.59 Å². The highest BCUT2D eigenvalue weighted by Gasteiger charge is 2.09. The molecule has 0 saturated heterocycles. The predicted molar refractivity (Wildman–Crippen MR) is 73.2 cm³/mol. The number of ketones is 1. The molecule has 0 aromatic carbocycles. The predicted octanol–water partition coefficient (Wildman–Crippen LogP) is 2.50. The Labute approximate surface area is 110 Å². The van der Waals surface area contributed by atoms with Crippen LogP contribution in [0.3, 0.4) is 0 Å². The van der Waals surface area contributed by atoms with Crippen LogP contribution in [0, 0.1) is 0 Å². The zero-order valence-corrected chi connectivity index (χ0v) is 11.5. The fourth-order valence-electron chi connectivity index (χ4n) is 1.29. The number of allylic oxidation sites excluding steroid dienone is 3. The fourth-order valence-corrected chi connectivity index (χ4v) is 2.08. The average Bonchev–Trinajstić information content (AvgIpc) is 2.72. The van der Waals surface area contributed by atoms with Gasteiger partial charge in [0.15, 0.2) is 5.78 Å². The highest BCUT2D eigenvalue weighted by Crippen LogP contribution is 2.18. The summed E-state index contributed by atoms with van der Waals surface area (Å²) in [6, 6.07) is -0.0811. The van der Waals surface area contributed by atoms with Gasteiger partial charge in [-0.3, -0.25) is 9.59 Å². The summed E-state index contributed by atoms with van der Waals surface area (Å²) >= 11 is 1.50. The highest BCUT2D eigenvalue weighted by molar-refractivity contribution is 7.09. The lowest BCUT2D eigenvalue weighted by Crippen LogP contribution is -2.23. The molecular weight excluding hydrogens is 248 g/mol. The summed E-state index contributed by atoms with van der Waals surface area (Å²) < 4.78 is 0. The molecule has 4 nitrogen and oxygen atoms in total. The second kappa shape index (κ2) is 6.86. The second-order valence-corrected chi connectivity index (χ2v) is 4.75. The number of hydrogen-bond acceptors (Lipinski definition) is 4. The standard InChI is InChI=1S/C13H16N2O2S/c1-9(16)6-4-5-7-12-8-18-13(15-12)10(2)14-11(3)17/h4-8,10H,1-3H3,(H,14,17). The molecule has 1 amide bonds. The maximum Gasteiger partial charge on any atom is 0.217 e. The van der Waals surface area contributed by atoms with Crippen molar-refractivity contribution in [1.82, 2.24) is 10.3 Å². The number of nitrogens with one attached hydrogen (secondary N) is 1. The Morgan fingerprint density at radius 3 is 2.72 bits per heavy atom. The van der Waals surface area contributed by atoms with Crippen molar-refractivity contribution in [3.8, 4) is 0 Å². The molecule has 1 aromatic heterocycles. The number of aromatic nitrogens is 1. The molecule has 0 aliphatic heterocycles. The minimum Gasteiger partial charge on any atom is -0.347 e. The molecule has 1 rings (SSSR count). The third-order valence-electron chi connectivity index (χ3n) is 2.04. The molecule has 1 atom stereocenters. The topological polar surface area (TPSA) is 59.1 Å². The van der Waals surface area contributed by atoms with E-state index < -0.39 is 0 Å². The van der Waals surface area contributed by atoms with E-state index in [-0.39, 0.29) is 17.7 Å². The van der Waals surface area contributed by atoms with Gasteiger partial charge >= 0.3 is 0 Å². The number of carbonyl (C=O) groups excluding carboxylic acids is 2. The van der Waals surface area contributed by atoms with Gasteiger partial charge in [0, 0.05) is 12.3 Å². The first-order chi connectivity index (χ1) is 8.49. The van der Waals surface area contributed by atoms with Crippen molar-refractivity contribution in [2.45, 2.75) is 26.8 Å². The molecule has 0 saturated carbocycles. The van der Waals surface area contributed by atoms with Gasteiger partial charge in [0.05, 0.1) is 11.7 Å². The smallest absolute Gasteiger partial charge is 0.217 e. The Hall–Kier alpha value is -1.75. The van der Waals surface area contributed by atoms with Crippen LogP contribution in [0.1, 0.15) is 37.5 Å². The average molecular weight is 264 g/mol. The second-order valence-electron chi connectivity index (χ2n) is 3.86. The normalized spacial score (nSPS) is 13.1. The van der Waals surface area contributed by atoms with Crippen molar-refractivity contribution >= 4 is 29.1 Å². The summed E-state index contributed by atoms with van der Waals surface area (Å²) in [6.07, 6.45) is 6.76. The quantitative estimate of drug-likeness (QED) is 0.656. The number of nitrogens with zero attached hydrogens (tertiary/aromatic N) is 1. The van der Waals surface area contributed by atoms with Gasteiger partial charge in [0.25, 0.3) is 0 Å². The van der Waals surface area contributed by atoms with Crippen LogP contribution in [0.15, 0.2) is 23.6 Å². The van der Waals surface area contributed by atoms with Crippen LogP contribution >= 0.6 is 11.3 Å². The lowest BCUT2D eigenvalue weighted by molar-refractivity contribution is -0.119. The van der Waals surface area contributed by atoms with E-state index in [1.54, 1.807) is 12.2 Å². The Balaban J connectivity index is 2.63. The van der Waals surface area contributed by atoms with Crippen molar-refractivity contribution in [3.63, 3.8) is 0 Å². The van der Waals surface area contributed by atoms with E-state index in [4.69, 9.17) is 0 Å². The van der Waals surface area contributed by atoms with Crippen molar-refractivity contribution in [1.29, 1.82) is 0 Å². The minimum absolute atomic E-state index is 0.0119. The van der Waals surface area contributed by atoms with Gasteiger partial charge in [-0.1, -0.05) is 12.2 Å². The molecule has 0 fully saturated rings. The van der Waals surface area contributed by atoms with Crippen molar-refractivity contribution in [2.24, 2.45) is 0 Å². The number of hydrogen-bond donors (Lipinski definition) is 1. The molecule has 1 unspecified atom stereocenters. The number of rotatable bonds is 5. The molecule has 0 aliphatic carbocycles. The SMILES string of the molecule is CC(=O)C=CC=Cc1csc(C(C)NC(C)=O)n1. The Kier molecular flexibility index (Phi) is 5.45. The van der Waals surface area contributed by atoms with Gasteiger partial charge < -0.3 is 5.32 Å². The van der Waals surface area contributed by atoms with Crippen LogP contribution < -0.4 is 5.32 Å². The summed E-state index contributed by atoms with van der Waals surface area (Å²) in [7, 11) is 0. The Bertz CT molecular complexity index is 489. The summed E-state index contributed by atoms with van der Waals surface area (Å²) in [5.74, 6) is -0.0583. The summed E-state index contributed by atoms with van der Waals surface area (Å²) in [5.41, 5.74) is 0.820.